The Morgan fingerprint density at radius 2 is 1.70 bits per heavy atom. The number of rotatable bonds is 6. The monoisotopic (exact) mass is 277 g/mol. The summed E-state index contributed by atoms with van der Waals surface area (Å²) in [6.07, 6.45) is 0.371. The highest BCUT2D eigenvalue weighted by Gasteiger charge is 2.24. The second kappa shape index (κ2) is 7.68. The molecule has 0 saturated carbocycles. The van der Waals surface area contributed by atoms with Crippen LogP contribution < -0.4 is 5.32 Å². The summed E-state index contributed by atoms with van der Waals surface area (Å²) in [5.74, 6) is -0.342. The van der Waals surface area contributed by atoms with Gasteiger partial charge in [-0.25, -0.2) is 4.79 Å². The maximum atomic E-state index is 12.1. The van der Waals surface area contributed by atoms with E-state index in [2.05, 4.69) is 5.32 Å². The molecule has 0 heterocycles. The van der Waals surface area contributed by atoms with E-state index >= 15 is 0 Å². The number of esters is 1. The van der Waals surface area contributed by atoms with Gasteiger partial charge in [-0.2, -0.15) is 0 Å². The van der Waals surface area contributed by atoms with Gasteiger partial charge >= 0.3 is 5.97 Å². The van der Waals surface area contributed by atoms with Crippen LogP contribution in [0.25, 0.3) is 0 Å². The number of amides is 1. The molecule has 0 radical (unpaired) electrons. The van der Waals surface area contributed by atoms with Gasteiger partial charge in [-0.1, -0.05) is 32.0 Å². The van der Waals surface area contributed by atoms with Crippen molar-refractivity contribution < 1.29 is 14.3 Å². The van der Waals surface area contributed by atoms with Crippen molar-refractivity contribution in [3.05, 3.63) is 35.9 Å². The van der Waals surface area contributed by atoms with Crippen molar-refractivity contribution in [1.82, 2.24) is 5.32 Å². The molecule has 0 spiro atoms. The fourth-order valence-electron chi connectivity index (χ4n) is 1.83. The first-order valence-corrected chi connectivity index (χ1v) is 6.96. The maximum absolute atomic E-state index is 12.1. The van der Waals surface area contributed by atoms with E-state index in [1.807, 2.05) is 19.9 Å². The topological polar surface area (TPSA) is 55.4 Å². The summed E-state index contributed by atoms with van der Waals surface area (Å²) in [5, 5.41) is 2.76. The van der Waals surface area contributed by atoms with Gasteiger partial charge in [0, 0.05) is 5.56 Å². The Hall–Kier alpha value is -1.84. The van der Waals surface area contributed by atoms with E-state index in [1.54, 1.807) is 38.1 Å². The molecule has 1 aromatic rings. The summed E-state index contributed by atoms with van der Waals surface area (Å²) in [6, 6.07) is 8.25. The van der Waals surface area contributed by atoms with E-state index in [1.165, 1.54) is 0 Å². The van der Waals surface area contributed by atoms with Crippen LogP contribution in [-0.4, -0.2) is 24.0 Å². The lowest BCUT2D eigenvalue weighted by Crippen LogP contribution is -2.43. The SMILES string of the molecule is CC(C)C[C@H](NC(=O)c1ccccc1)C(=O)OC(C)C. The van der Waals surface area contributed by atoms with Crippen molar-refractivity contribution in [2.24, 2.45) is 5.92 Å². The van der Waals surface area contributed by atoms with Crippen molar-refractivity contribution in [2.45, 2.75) is 46.3 Å². The molecule has 4 heteroatoms. The minimum atomic E-state index is -0.606. The molecule has 0 aromatic heterocycles. The van der Waals surface area contributed by atoms with E-state index in [0.717, 1.165) is 0 Å². The molecule has 110 valence electrons. The largest absolute Gasteiger partial charge is 0.461 e. The van der Waals surface area contributed by atoms with Crippen LogP contribution in [0.4, 0.5) is 0 Å². The summed E-state index contributed by atoms with van der Waals surface area (Å²) in [5.41, 5.74) is 0.540. The van der Waals surface area contributed by atoms with Gasteiger partial charge < -0.3 is 10.1 Å². The molecule has 0 unspecified atom stereocenters. The molecule has 1 aromatic carbocycles. The van der Waals surface area contributed by atoms with Crippen molar-refractivity contribution in [2.75, 3.05) is 0 Å². The zero-order valence-corrected chi connectivity index (χ0v) is 12.6. The predicted octanol–water partition coefficient (Wildman–Crippen LogP) is 2.78. The van der Waals surface area contributed by atoms with Crippen molar-refractivity contribution >= 4 is 11.9 Å². The maximum Gasteiger partial charge on any atom is 0.328 e. The van der Waals surface area contributed by atoms with Gasteiger partial charge in [-0.15, -0.1) is 0 Å². The van der Waals surface area contributed by atoms with E-state index in [0.29, 0.717) is 12.0 Å². The molecule has 0 aliphatic carbocycles. The second-order valence-electron chi connectivity index (χ2n) is 5.51. The highest BCUT2D eigenvalue weighted by atomic mass is 16.5. The predicted molar refractivity (Wildman–Crippen MR) is 78.4 cm³/mol. The molecule has 0 aliphatic heterocycles. The van der Waals surface area contributed by atoms with Crippen molar-refractivity contribution in [1.29, 1.82) is 0 Å². The fraction of sp³-hybridized carbons (Fsp3) is 0.500. The van der Waals surface area contributed by atoms with Gasteiger partial charge in [0.15, 0.2) is 0 Å². The lowest BCUT2D eigenvalue weighted by Gasteiger charge is -2.20. The molecule has 0 aliphatic rings. The third-order valence-electron chi connectivity index (χ3n) is 2.68. The van der Waals surface area contributed by atoms with E-state index < -0.39 is 6.04 Å². The summed E-state index contributed by atoms with van der Waals surface area (Å²) in [6.45, 7) is 7.60. The average molecular weight is 277 g/mol. The molecular formula is C16H23NO3. The standard InChI is InChI=1S/C16H23NO3/c1-11(2)10-14(16(19)20-12(3)4)17-15(18)13-8-6-5-7-9-13/h5-9,11-12,14H,10H2,1-4H3,(H,17,18)/t14-/m0/s1. The van der Waals surface area contributed by atoms with Crippen LogP contribution in [0.15, 0.2) is 30.3 Å². The molecule has 20 heavy (non-hydrogen) atoms. The zero-order chi connectivity index (χ0) is 15.1. The van der Waals surface area contributed by atoms with Crippen LogP contribution in [0.3, 0.4) is 0 Å². The van der Waals surface area contributed by atoms with Crippen LogP contribution in [0.2, 0.25) is 0 Å². The number of hydrogen-bond acceptors (Lipinski definition) is 3. The smallest absolute Gasteiger partial charge is 0.328 e. The van der Waals surface area contributed by atoms with E-state index in [-0.39, 0.29) is 23.9 Å². The molecule has 1 amide bonds. The molecule has 4 nitrogen and oxygen atoms in total. The summed E-state index contributed by atoms with van der Waals surface area (Å²) in [7, 11) is 0. The summed E-state index contributed by atoms with van der Waals surface area (Å²) < 4.78 is 5.20. The first kappa shape index (κ1) is 16.2. The number of benzene rings is 1. The summed E-state index contributed by atoms with van der Waals surface area (Å²) >= 11 is 0. The lowest BCUT2D eigenvalue weighted by atomic mass is 10.0. The number of carbonyl (C=O) groups excluding carboxylic acids is 2. The van der Waals surface area contributed by atoms with Crippen LogP contribution in [0.1, 0.15) is 44.5 Å². The van der Waals surface area contributed by atoms with Gasteiger partial charge in [0.2, 0.25) is 0 Å². The van der Waals surface area contributed by atoms with E-state index in [4.69, 9.17) is 4.74 Å². The third-order valence-corrected chi connectivity index (χ3v) is 2.68. The van der Waals surface area contributed by atoms with Crippen LogP contribution in [0, 0.1) is 5.92 Å². The van der Waals surface area contributed by atoms with E-state index in [9.17, 15) is 9.59 Å². The van der Waals surface area contributed by atoms with Crippen molar-refractivity contribution in [3.63, 3.8) is 0 Å². The van der Waals surface area contributed by atoms with Crippen LogP contribution in [0.5, 0.6) is 0 Å². The second-order valence-corrected chi connectivity index (χ2v) is 5.51. The van der Waals surface area contributed by atoms with Gasteiger partial charge in [0.1, 0.15) is 6.04 Å². The Morgan fingerprint density at radius 1 is 1.10 bits per heavy atom. The molecule has 1 rings (SSSR count). The molecule has 1 atom stereocenters. The number of hydrogen-bond donors (Lipinski definition) is 1. The highest BCUT2D eigenvalue weighted by molar-refractivity contribution is 5.96. The third kappa shape index (κ3) is 5.43. The van der Waals surface area contributed by atoms with Gasteiger partial charge in [0.05, 0.1) is 6.10 Å². The molecule has 0 saturated heterocycles. The van der Waals surface area contributed by atoms with Crippen LogP contribution in [-0.2, 0) is 9.53 Å². The molecule has 0 bridgehead atoms. The normalized spacial score (nSPS) is 12.3. The quantitative estimate of drug-likeness (QED) is 0.813. The zero-order valence-electron chi connectivity index (χ0n) is 12.6. The number of nitrogens with one attached hydrogen (secondary N) is 1. The average Bonchev–Trinajstić information content (AvgIpc) is 2.37. The Morgan fingerprint density at radius 3 is 2.20 bits per heavy atom. The highest BCUT2D eigenvalue weighted by Crippen LogP contribution is 2.09. The van der Waals surface area contributed by atoms with Gasteiger partial charge in [-0.3, -0.25) is 4.79 Å². The summed E-state index contributed by atoms with van der Waals surface area (Å²) in [4.78, 5) is 24.1. The first-order valence-electron chi connectivity index (χ1n) is 6.96. The molecule has 0 fully saturated rings. The minimum absolute atomic E-state index is 0.189. The minimum Gasteiger partial charge on any atom is -0.461 e. The van der Waals surface area contributed by atoms with Gasteiger partial charge in [-0.05, 0) is 38.3 Å². The number of carbonyl (C=O) groups is 2. The number of ether oxygens (including phenoxy) is 1. The molecular weight excluding hydrogens is 254 g/mol. The Bertz CT molecular complexity index is 440. The lowest BCUT2D eigenvalue weighted by molar-refractivity contribution is -0.150. The molecule has 1 N–H and O–H groups in total. The first-order chi connectivity index (χ1) is 9.40. The van der Waals surface area contributed by atoms with Crippen LogP contribution >= 0.6 is 0 Å². The fourth-order valence-corrected chi connectivity index (χ4v) is 1.83. The van der Waals surface area contributed by atoms with Gasteiger partial charge in [0.25, 0.3) is 5.91 Å². The Labute approximate surface area is 120 Å². The Balaban J connectivity index is 2.74. The van der Waals surface area contributed by atoms with Crippen molar-refractivity contribution in [3.8, 4) is 0 Å². The Kier molecular flexibility index (Phi) is 6.22.